The molecule has 1 aliphatic carbocycles. The van der Waals surface area contributed by atoms with Crippen LogP contribution in [0.4, 0.5) is 0 Å². The Morgan fingerprint density at radius 3 is 2.75 bits per heavy atom. The molecule has 1 N–H and O–H groups in total. The molecule has 4 nitrogen and oxygen atoms in total. The Kier molecular flexibility index (Phi) is 5.49. The minimum absolute atomic E-state index is 0.0844. The normalized spacial score (nSPS) is 19.1. The van der Waals surface area contributed by atoms with Crippen molar-refractivity contribution in [3.8, 4) is 0 Å². The summed E-state index contributed by atoms with van der Waals surface area (Å²) >= 11 is 0. The van der Waals surface area contributed by atoms with Crippen molar-refractivity contribution in [2.24, 2.45) is 5.41 Å². The Morgan fingerprint density at radius 2 is 2.00 bits per heavy atom. The molecule has 0 amide bonds. The van der Waals surface area contributed by atoms with E-state index in [1.807, 2.05) is 0 Å². The topological polar surface area (TPSA) is 49.0 Å². The fourth-order valence-corrected chi connectivity index (χ4v) is 4.43. The summed E-state index contributed by atoms with van der Waals surface area (Å²) < 4.78 is 0. The van der Waals surface area contributed by atoms with Gasteiger partial charge in [-0.15, -0.1) is 0 Å². The van der Waals surface area contributed by atoms with E-state index in [9.17, 15) is 4.79 Å². The maximum Gasteiger partial charge on any atom is 0.254 e. The Labute approximate surface area is 167 Å². The second kappa shape index (κ2) is 8.04. The van der Waals surface area contributed by atoms with Crippen molar-refractivity contribution in [3.63, 3.8) is 0 Å². The maximum absolute atomic E-state index is 12.5. The predicted octanol–water partition coefficient (Wildman–Crippen LogP) is 4.01. The number of nitrogens with one attached hydrogen (secondary N) is 1. The Hall–Kier alpha value is -2.20. The van der Waals surface area contributed by atoms with E-state index in [2.05, 4.69) is 60.1 Å². The van der Waals surface area contributed by atoms with Crippen LogP contribution in [0.2, 0.25) is 0 Å². The highest BCUT2D eigenvalue weighted by Gasteiger charge is 2.28. The number of hydrogen-bond donors (Lipinski definition) is 1. The third-order valence-corrected chi connectivity index (χ3v) is 6.17. The molecule has 0 radical (unpaired) electrons. The lowest BCUT2D eigenvalue weighted by Crippen LogP contribution is -2.31. The van der Waals surface area contributed by atoms with Gasteiger partial charge in [0.15, 0.2) is 0 Å². The average molecular weight is 378 g/mol. The lowest BCUT2D eigenvalue weighted by molar-refractivity contribution is 0.296. The largest absolute Gasteiger partial charge is 0.310 e. The van der Waals surface area contributed by atoms with Crippen LogP contribution in [0.25, 0.3) is 5.57 Å². The summed E-state index contributed by atoms with van der Waals surface area (Å²) in [6, 6.07) is 10.7. The molecule has 1 aromatic heterocycles. The first-order chi connectivity index (χ1) is 13.5. The second-order valence-corrected chi connectivity index (χ2v) is 9.03. The van der Waals surface area contributed by atoms with Crippen LogP contribution >= 0.6 is 0 Å². The first kappa shape index (κ1) is 19.1. The Morgan fingerprint density at radius 1 is 1.18 bits per heavy atom. The maximum atomic E-state index is 12.5. The minimum Gasteiger partial charge on any atom is -0.310 e. The van der Waals surface area contributed by atoms with E-state index >= 15 is 0 Å². The zero-order valence-electron chi connectivity index (χ0n) is 17.1. The quantitative estimate of drug-likeness (QED) is 0.857. The van der Waals surface area contributed by atoms with Gasteiger partial charge < -0.3 is 4.98 Å². The van der Waals surface area contributed by atoms with Crippen molar-refractivity contribution >= 4 is 5.57 Å². The van der Waals surface area contributed by atoms with E-state index in [0.717, 1.165) is 75.2 Å². The van der Waals surface area contributed by atoms with E-state index in [0.29, 0.717) is 0 Å². The van der Waals surface area contributed by atoms with Crippen molar-refractivity contribution in [1.82, 2.24) is 14.9 Å². The second-order valence-electron chi connectivity index (χ2n) is 9.03. The fraction of sp³-hybridized carbons (Fsp3) is 0.500. The lowest BCUT2D eigenvalue weighted by Gasteiger charge is -2.30. The van der Waals surface area contributed by atoms with E-state index in [1.54, 1.807) is 0 Å². The van der Waals surface area contributed by atoms with Gasteiger partial charge in [-0.1, -0.05) is 50.3 Å². The third-order valence-electron chi connectivity index (χ3n) is 6.17. The first-order valence-corrected chi connectivity index (χ1v) is 10.6. The van der Waals surface area contributed by atoms with Crippen molar-refractivity contribution < 1.29 is 0 Å². The van der Waals surface area contributed by atoms with Gasteiger partial charge in [-0.3, -0.25) is 9.69 Å². The smallest absolute Gasteiger partial charge is 0.254 e. The van der Waals surface area contributed by atoms with Gasteiger partial charge in [0.25, 0.3) is 5.56 Å². The highest BCUT2D eigenvalue weighted by atomic mass is 16.1. The molecule has 0 fully saturated rings. The lowest BCUT2D eigenvalue weighted by atomic mass is 9.76. The molecule has 0 spiro atoms. The predicted molar refractivity (Wildman–Crippen MR) is 114 cm³/mol. The molecule has 1 aromatic carbocycles. The molecule has 0 saturated carbocycles. The standard InChI is InChI=1S/C24H31N3O/c1-24(2)13-10-21-20(17-24)23(28)26-22(25-21)9-6-14-27-15-11-19(12-16-27)18-7-4-3-5-8-18/h3-5,7-8,11H,6,9-10,12-17H2,1-2H3,(H,25,26,28). The molecular weight excluding hydrogens is 346 g/mol. The molecule has 2 heterocycles. The third kappa shape index (κ3) is 4.44. The monoisotopic (exact) mass is 377 g/mol. The molecule has 2 aliphatic rings. The Bertz CT molecular complexity index is 911. The van der Waals surface area contributed by atoms with E-state index in [4.69, 9.17) is 4.98 Å². The van der Waals surface area contributed by atoms with Gasteiger partial charge in [0.05, 0.1) is 5.69 Å². The summed E-state index contributed by atoms with van der Waals surface area (Å²) in [6.07, 6.45) is 8.22. The van der Waals surface area contributed by atoms with Crippen molar-refractivity contribution in [1.29, 1.82) is 0 Å². The zero-order valence-corrected chi connectivity index (χ0v) is 17.1. The molecule has 2 aromatic rings. The number of rotatable bonds is 5. The van der Waals surface area contributed by atoms with Crippen molar-refractivity contribution in [2.45, 2.75) is 52.4 Å². The minimum atomic E-state index is 0.0844. The highest BCUT2D eigenvalue weighted by Crippen LogP contribution is 2.32. The van der Waals surface area contributed by atoms with Crippen LogP contribution in [0, 0.1) is 5.41 Å². The SMILES string of the molecule is CC1(C)CCc2nc(CCCN3CC=C(c4ccccc4)CC3)[nH]c(=O)c2C1. The number of aromatic amines is 1. The van der Waals surface area contributed by atoms with Crippen molar-refractivity contribution in [3.05, 3.63) is 69.4 Å². The van der Waals surface area contributed by atoms with Gasteiger partial charge in [-0.2, -0.15) is 0 Å². The van der Waals surface area contributed by atoms with Gasteiger partial charge >= 0.3 is 0 Å². The van der Waals surface area contributed by atoms with Crippen LogP contribution in [-0.4, -0.2) is 34.5 Å². The number of benzene rings is 1. The fourth-order valence-electron chi connectivity index (χ4n) is 4.43. The Balaban J connectivity index is 1.31. The number of fused-ring (bicyclic) bond motifs is 1. The summed E-state index contributed by atoms with van der Waals surface area (Å²) in [7, 11) is 0. The van der Waals surface area contributed by atoms with Crippen LogP contribution in [0.1, 0.15) is 55.8 Å². The average Bonchev–Trinajstić information content (AvgIpc) is 2.70. The van der Waals surface area contributed by atoms with Gasteiger partial charge in [0.1, 0.15) is 5.82 Å². The molecule has 148 valence electrons. The van der Waals surface area contributed by atoms with Crippen LogP contribution < -0.4 is 5.56 Å². The summed E-state index contributed by atoms with van der Waals surface area (Å²) in [5.74, 6) is 0.862. The molecule has 0 unspecified atom stereocenters. The number of aromatic nitrogens is 2. The molecule has 28 heavy (non-hydrogen) atoms. The van der Waals surface area contributed by atoms with Crippen LogP contribution in [0.15, 0.2) is 41.2 Å². The van der Waals surface area contributed by atoms with E-state index in [-0.39, 0.29) is 11.0 Å². The molecule has 4 rings (SSSR count). The molecule has 0 bridgehead atoms. The van der Waals surface area contributed by atoms with Crippen molar-refractivity contribution in [2.75, 3.05) is 19.6 Å². The van der Waals surface area contributed by atoms with Gasteiger partial charge in [0.2, 0.25) is 0 Å². The van der Waals surface area contributed by atoms with E-state index in [1.165, 1.54) is 11.1 Å². The summed E-state index contributed by atoms with van der Waals surface area (Å²) in [6.45, 7) is 7.63. The number of H-pyrrole nitrogens is 1. The number of hydrogen-bond acceptors (Lipinski definition) is 3. The summed E-state index contributed by atoms with van der Waals surface area (Å²) in [5.41, 5.74) is 5.05. The zero-order chi connectivity index (χ0) is 19.6. The molecular formula is C24H31N3O. The summed E-state index contributed by atoms with van der Waals surface area (Å²) in [5, 5.41) is 0. The van der Waals surface area contributed by atoms with Gasteiger partial charge in [-0.25, -0.2) is 4.98 Å². The highest BCUT2D eigenvalue weighted by molar-refractivity contribution is 5.66. The summed E-state index contributed by atoms with van der Waals surface area (Å²) in [4.78, 5) is 22.8. The van der Waals surface area contributed by atoms with E-state index < -0.39 is 0 Å². The molecule has 1 aliphatic heterocycles. The van der Waals surface area contributed by atoms with Gasteiger partial charge in [0, 0.05) is 25.1 Å². The van der Waals surface area contributed by atoms with Gasteiger partial charge in [-0.05, 0) is 55.2 Å². The molecule has 0 atom stereocenters. The molecule has 0 saturated heterocycles. The number of nitrogens with zero attached hydrogens (tertiary/aromatic N) is 2. The van der Waals surface area contributed by atoms with Crippen LogP contribution in [-0.2, 0) is 19.3 Å². The number of aryl methyl sites for hydroxylation is 2. The van der Waals surface area contributed by atoms with Crippen LogP contribution in [0.3, 0.4) is 0 Å². The first-order valence-electron chi connectivity index (χ1n) is 10.6. The van der Waals surface area contributed by atoms with Crippen LogP contribution in [0.5, 0.6) is 0 Å². The molecule has 4 heteroatoms.